The fraction of sp³-hybridized carbons (Fsp3) is 0.231. The first kappa shape index (κ1) is 27.2. The van der Waals surface area contributed by atoms with Gasteiger partial charge in [0.1, 0.15) is 21.1 Å². The molecule has 0 saturated carbocycles. The Bertz CT molecular complexity index is 1500. The van der Waals surface area contributed by atoms with Gasteiger partial charge in [0, 0.05) is 43.4 Å². The van der Waals surface area contributed by atoms with E-state index in [4.69, 9.17) is 0 Å². The van der Waals surface area contributed by atoms with Crippen molar-refractivity contribution in [1.82, 2.24) is 9.88 Å². The summed E-state index contributed by atoms with van der Waals surface area (Å²) in [5, 5.41) is 18.0. The van der Waals surface area contributed by atoms with Crippen LogP contribution in [-0.2, 0) is 16.1 Å². The molecule has 2 amide bonds. The second-order valence-corrected chi connectivity index (χ2v) is 8.95. The summed E-state index contributed by atoms with van der Waals surface area (Å²) in [6.07, 6.45) is 1.51. The minimum Gasteiger partial charge on any atom is -0.365 e. The standard InChI is InChI=1S/C26H27FN6O3S/c1-4-29-24(35)21(14-28)26-33(5-2)25(36)22(37-26)15-30-18-7-6-8-19(13-18)31-23(34)16-32(3)20-11-9-17(27)10-12-20/h6-13,15,30H,4-5,16H2,1-3H3,(H,29,35)(H,31,34)/b22-15+,26-21-. The Morgan fingerprint density at radius 3 is 2.51 bits per heavy atom. The highest BCUT2D eigenvalue weighted by Gasteiger charge is 2.14. The molecule has 3 N–H and O–H groups in total. The Balaban J connectivity index is 1.78. The number of likely N-dealkylation sites (N-methyl/N-ethyl adjacent to an activating group) is 1. The number of carbonyl (C=O) groups is 2. The maximum absolute atomic E-state index is 13.1. The first-order valence-corrected chi connectivity index (χ1v) is 12.3. The van der Waals surface area contributed by atoms with Crippen molar-refractivity contribution >= 4 is 52.0 Å². The van der Waals surface area contributed by atoms with E-state index in [1.165, 1.54) is 22.9 Å². The van der Waals surface area contributed by atoms with E-state index >= 15 is 0 Å². The summed E-state index contributed by atoms with van der Waals surface area (Å²) in [5.74, 6) is -1.13. The third-order valence-electron chi connectivity index (χ3n) is 5.28. The second kappa shape index (κ2) is 12.5. The van der Waals surface area contributed by atoms with Crippen LogP contribution < -0.4 is 35.6 Å². The fourth-order valence-corrected chi connectivity index (χ4v) is 4.56. The van der Waals surface area contributed by atoms with Crippen molar-refractivity contribution in [2.75, 3.05) is 35.7 Å². The summed E-state index contributed by atoms with van der Waals surface area (Å²) in [5.41, 5.74) is 1.44. The van der Waals surface area contributed by atoms with Crippen LogP contribution in [0.4, 0.5) is 21.5 Å². The zero-order chi connectivity index (χ0) is 26.9. The summed E-state index contributed by atoms with van der Waals surface area (Å²) in [6.45, 7) is 4.24. The van der Waals surface area contributed by atoms with E-state index in [2.05, 4.69) is 16.0 Å². The molecule has 0 unspecified atom stereocenters. The zero-order valence-electron chi connectivity index (χ0n) is 20.7. The van der Waals surface area contributed by atoms with Gasteiger partial charge in [-0.3, -0.25) is 19.0 Å². The predicted octanol–water partition coefficient (Wildman–Crippen LogP) is 1.80. The number of carbonyl (C=O) groups excluding carboxylic acids is 2. The molecule has 1 aromatic heterocycles. The molecule has 0 radical (unpaired) electrons. The molecule has 0 aliphatic heterocycles. The van der Waals surface area contributed by atoms with Crippen LogP contribution in [0, 0.1) is 17.1 Å². The molecule has 0 spiro atoms. The lowest BCUT2D eigenvalue weighted by Crippen LogP contribution is -2.34. The maximum atomic E-state index is 13.1. The average Bonchev–Trinajstić information content (AvgIpc) is 3.18. The van der Waals surface area contributed by atoms with Crippen LogP contribution in [0.2, 0.25) is 0 Å². The molecule has 0 saturated heterocycles. The summed E-state index contributed by atoms with van der Waals surface area (Å²) in [4.78, 5) is 39.3. The maximum Gasteiger partial charge on any atom is 0.270 e. The van der Waals surface area contributed by atoms with Crippen LogP contribution in [0.3, 0.4) is 0 Å². The molecule has 3 rings (SSSR count). The topological polar surface area (TPSA) is 119 Å². The van der Waals surface area contributed by atoms with E-state index in [0.29, 0.717) is 39.3 Å². The van der Waals surface area contributed by atoms with Gasteiger partial charge in [-0.15, -0.1) is 11.3 Å². The molecule has 11 heteroatoms. The number of nitrogens with one attached hydrogen (secondary N) is 3. The molecule has 0 atom stereocenters. The number of hydrogen-bond donors (Lipinski definition) is 3. The highest BCUT2D eigenvalue weighted by atomic mass is 32.1. The number of anilines is 3. The Labute approximate surface area is 217 Å². The van der Waals surface area contributed by atoms with E-state index in [1.54, 1.807) is 62.2 Å². The molecule has 0 aliphatic carbocycles. The van der Waals surface area contributed by atoms with Gasteiger partial charge in [-0.05, 0) is 56.3 Å². The number of hydrogen-bond acceptors (Lipinski definition) is 7. The normalized spacial score (nSPS) is 11.9. The van der Waals surface area contributed by atoms with Gasteiger partial charge in [-0.25, -0.2) is 4.39 Å². The zero-order valence-corrected chi connectivity index (χ0v) is 21.5. The molecule has 0 bridgehead atoms. The lowest BCUT2D eigenvalue weighted by Gasteiger charge is -2.18. The van der Waals surface area contributed by atoms with Gasteiger partial charge in [0.25, 0.3) is 11.5 Å². The third kappa shape index (κ3) is 6.83. The van der Waals surface area contributed by atoms with Crippen molar-refractivity contribution in [3.63, 3.8) is 0 Å². The van der Waals surface area contributed by atoms with Gasteiger partial charge < -0.3 is 20.9 Å². The van der Waals surface area contributed by atoms with Crippen molar-refractivity contribution in [2.24, 2.45) is 0 Å². The van der Waals surface area contributed by atoms with E-state index in [-0.39, 0.29) is 29.4 Å². The van der Waals surface area contributed by atoms with Crippen molar-refractivity contribution in [3.05, 3.63) is 73.9 Å². The number of rotatable bonds is 9. The molecule has 9 nitrogen and oxygen atoms in total. The number of thiazole rings is 1. The van der Waals surface area contributed by atoms with Crippen molar-refractivity contribution in [3.8, 4) is 6.07 Å². The van der Waals surface area contributed by atoms with Gasteiger partial charge in [0.05, 0.1) is 6.54 Å². The molecule has 0 fully saturated rings. The monoisotopic (exact) mass is 522 g/mol. The first-order valence-electron chi connectivity index (χ1n) is 11.5. The summed E-state index contributed by atoms with van der Waals surface area (Å²) in [7, 11) is 1.74. The number of nitriles is 1. The number of aromatic nitrogens is 1. The molecule has 2 aromatic carbocycles. The molecule has 192 valence electrons. The molecule has 37 heavy (non-hydrogen) atoms. The van der Waals surface area contributed by atoms with E-state index in [0.717, 1.165) is 11.3 Å². The fourth-order valence-electron chi connectivity index (χ4n) is 3.48. The number of amides is 2. The predicted molar refractivity (Wildman–Crippen MR) is 144 cm³/mol. The van der Waals surface area contributed by atoms with Gasteiger partial charge in [0.15, 0.2) is 5.57 Å². The SMILES string of the molecule is CCNC(=O)/C(C#N)=c1\s/c(=C/Nc2cccc(NC(=O)CN(C)c3ccc(F)cc3)c2)c(=O)n1CC. The minimum absolute atomic E-state index is 0.0628. The van der Waals surface area contributed by atoms with Crippen molar-refractivity contribution in [1.29, 1.82) is 5.26 Å². The van der Waals surface area contributed by atoms with Gasteiger partial charge in [0.2, 0.25) is 5.91 Å². The minimum atomic E-state index is -0.526. The smallest absolute Gasteiger partial charge is 0.270 e. The highest BCUT2D eigenvalue weighted by molar-refractivity contribution is 7.07. The lowest BCUT2D eigenvalue weighted by molar-refractivity contribution is -0.116. The van der Waals surface area contributed by atoms with Crippen LogP contribution in [0.15, 0.2) is 53.3 Å². The van der Waals surface area contributed by atoms with Crippen LogP contribution in [0.5, 0.6) is 0 Å². The second-order valence-electron chi connectivity index (χ2n) is 7.92. The summed E-state index contributed by atoms with van der Waals surface area (Å²) in [6, 6.07) is 14.7. The summed E-state index contributed by atoms with van der Waals surface area (Å²) < 4.78 is 15.1. The van der Waals surface area contributed by atoms with E-state index < -0.39 is 5.91 Å². The quantitative estimate of drug-likeness (QED) is 0.394. The molecule has 1 heterocycles. The van der Waals surface area contributed by atoms with E-state index in [1.807, 2.05) is 6.07 Å². The van der Waals surface area contributed by atoms with Crippen LogP contribution >= 0.6 is 11.3 Å². The first-order chi connectivity index (χ1) is 17.8. The Morgan fingerprint density at radius 2 is 1.86 bits per heavy atom. The average molecular weight is 523 g/mol. The Hall–Kier alpha value is -4.43. The third-order valence-corrected chi connectivity index (χ3v) is 6.41. The lowest BCUT2D eigenvalue weighted by atomic mass is 10.2. The molecular formula is C26H27FN6O3S. The van der Waals surface area contributed by atoms with Crippen LogP contribution in [0.1, 0.15) is 13.8 Å². The largest absolute Gasteiger partial charge is 0.365 e. The highest BCUT2D eigenvalue weighted by Crippen LogP contribution is 2.16. The van der Waals surface area contributed by atoms with Gasteiger partial charge in [-0.1, -0.05) is 6.07 Å². The number of halogens is 1. The van der Waals surface area contributed by atoms with Gasteiger partial charge in [-0.2, -0.15) is 5.26 Å². The summed E-state index contributed by atoms with van der Waals surface area (Å²) >= 11 is 1.05. The molecular weight excluding hydrogens is 495 g/mol. The Morgan fingerprint density at radius 1 is 1.16 bits per heavy atom. The number of nitrogens with zero attached hydrogens (tertiary/aromatic N) is 3. The molecule has 3 aromatic rings. The van der Waals surface area contributed by atoms with Crippen LogP contribution in [-0.4, -0.2) is 36.5 Å². The van der Waals surface area contributed by atoms with E-state index in [9.17, 15) is 24.0 Å². The molecule has 0 aliphatic rings. The number of benzene rings is 2. The van der Waals surface area contributed by atoms with Gasteiger partial charge >= 0.3 is 0 Å². The van der Waals surface area contributed by atoms with Crippen molar-refractivity contribution < 1.29 is 14.0 Å². The Kier molecular flexibility index (Phi) is 9.18. The van der Waals surface area contributed by atoms with Crippen molar-refractivity contribution in [2.45, 2.75) is 20.4 Å². The van der Waals surface area contributed by atoms with Crippen LogP contribution in [0.25, 0.3) is 11.8 Å².